The number of ether oxygens (including phenoxy) is 1. The Bertz CT molecular complexity index is 620. The summed E-state index contributed by atoms with van der Waals surface area (Å²) >= 11 is 0. The molecule has 23 heavy (non-hydrogen) atoms. The third kappa shape index (κ3) is 4.14. The minimum Gasteiger partial charge on any atom is -0.381 e. The Balaban J connectivity index is 1.54. The number of anilines is 1. The topological polar surface area (TPSA) is 81.1 Å². The number of nitrogens with zero attached hydrogens (tertiary/aromatic N) is 3. The summed E-state index contributed by atoms with van der Waals surface area (Å²) in [6, 6.07) is 7.60. The lowest BCUT2D eigenvalue weighted by Gasteiger charge is -2.26. The van der Waals surface area contributed by atoms with E-state index >= 15 is 0 Å². The van der Waals surface area contributed by atoms with Gasteiger partial charge < -0.3 is 15.4 Å². The second kappa shape index (κ2) is 7.34. The number of hydrogen-bond donors (Lipinski definition) is 2. The average Bonchev–Trinajstić information content (AvgIpc) is 3.11. The first-order valence-electron chi connectivity index (χ1n) is 7.82. The molecule has 0 bridgehead atoms. The van der Waals surface area contributed by atoms with Crippen LogP contribution in [0.4, 0.5) is 5.69 Å². The number of aromatic nitrogens is 3. The maximum Gasteiger partial charge on any atom is 0.241 e. The van der Waals surface area contributed by atoms with Crippen LogP contribution in [-0.4, -0.2) is 46.0 Å². The van der Waals surface area contributed by atoms with Crippen LogP contribution in [0.15, 0.2) is 36.9 Å². The molecule has 1 aliphatic heterocycles. The van der Waals surface area contributed by atoms with Gasteiger partial charge in [0.05, 0.1) is 11.7 Å². The van der Waals surface area contributed by atoms with Crippen LogP contribution in [0.1, 0.15) is 19.8 Å². The molecule has 3 rings (SSSR count). The summed E-state index contributed by atoms with van der Waals surface area (Å²) in [5.41, 5.74) is 1.66. The number of hydrogen-bond acceptors (Lipinski definition) is 5. The molecule has 1 aliphatic rings. The molecule has 122 valence electrons. The summed E-state index contributed by atoms with van der Waals surface area (Å²) < 4.78 is 6.99. The highest BCUT2D eigenvalue weighted by molar-refractivity contribution is 5.94. The van der Waals surface area contributed by atoms with Crippen molar-refractivity contribution in [3.05, 3.63) is 36.9 Å². The highest BCUT2D eigenvalue weighted by Crippen LogP contribution is 2.13. The second-order valence-corrected chi connectivity index (χ2v) is 5.65. The first-order valence-corrected chi connectivity index (χ1v) is 7.82. The number of carbonyl (C=O) groups is 1. The van der Waals surface area contributed by atoms with Crippen molar-refractivity contribution in [1.82, 2.24) is 20.1 Å². The monoisotopic (exact) mass is 315 g/mol. The molecule has 1 saturated heterocycles. The summed E-state index contributed by atoms with van der Waals surface area (Å²) in [6.45, 7) is 3.40. The molecule has 0 spiro atoms. The van der Waals surface area contributed by atoms with E-state index in [-0.39, 0.29) is 11.9 Å². The van der Waals surface area contributed by atoms with E-state index < -0.39 is 0 Å². The van der Waals surface area contributed by atoms with Gasteiger partial charge >= 0.3 is 0 Å². The molecule has 1 fully saturated rings. The van der Waals surface area contributed by atoms with Gasteiger partial charge in [0.15, 0.2) is 0 Å². The highest BCUT2D eigenvalue weighted by atomic mass is 16.5. The van der Waals surface area contributed by atoms with Gasteiger partial charge in [-0.2, -0.15) is 5.10 Å². The van der Waals surface area contributed by atoms with Crippen LogP contribution in [-0.2, 0) is 9.53 Å². The Morgan fingerprint density at radius 2 is 2.04 bits per heavy atom. The third-order valence-corrected chi connectivity index (χ3v) is 3.92. The molecule has 0 saturated carbocycles. The van der Waals surface area contributed by atoms with Crippen LogP contribution in [0.25, 0.3) is 5.69 Å². The lowest BCUT2D eigenvalue weighted by atomic mass is 10.1. The van der Waals surface area contributed by atoms with Crippen molar-refractivity contribution < 1.29 is 9.53 Å². The van der Waals surface area contributed by atoms with Gasteiger partial charge in [-0.3, -0.25) is 4.79 Å². The van der Waals surface area contributed by atoms with Crippen LogP contribution in [0, 0.1) is 0 Å². The zero-order valence-corrected chi connectivity index (χ0v) is 13.1. The Kier molecular flexibility index (Phi) is 4.99. The van der Waals surface area contributed by atoms with Crippen molar-refractivity contribution in [2.75, 3.05) is 18.5 Å². The van der Waals surface area contributed by atoms with Crippen molar-refractivity contribution in [2.45, 2.75) is 31.8 Å². The molecule has 2 N–H and O–H groups in total. The maximum absolute atomic E-state index is 12.3. The Morgan fingerprint density at radius 3 is 2.70 bits per heavy atom. The van der Waals surface area contributed by atoms with E-state index in [1.165, 1.54) is 6.33 Å². The fraction of sp³-hybridized carbons (Fsp3) is 0.438. The molecule has 1 aromatic carbocycles. The largest absolute Gasteiger partial charge is 0.381 e. The predicted octanol–water partition coefficient (Wildman–Crippen LogP) is 1.36. The molecule has 2 heterocycles. The van der Waals surface area contributed by atoms with Crippen LogP contribution in [0.2, 0.25) is 0 Å². The Morgan fingerprint density at radius 1 is 1.30 bits per heavy atom. The van der Waals surface area contributed by atoms with E-state index in [2.05, 4.69) is 20.7 Å². The normalized spacial score (nSPS) is 16.9. The van der Waals surface area contributed by atoms with Gasteiger partial charge in [0.1, 0.15) is 12.7 Å². The number of benzene rings is 1. The van der Waals surface area contributed by atoms with E-state index in [4.69, 9.17) is 4.74 Å². The molecular weight excluding hydrogens is 294 g/mol. The smallest absolute Gasteiger partial charge is 0.241 e. The summed E-state index contributed by atoms with van der Waals surface area (Å²) in [5.74, 6) is -0.0370. The van der Waals surface area contributed by atoms with E-state index in [1.54, 1.807) is 11.0 Å². The molecule has 7 heteroatoms. The van der Waals surface area contributed by atoms with E-state index in [9.17, 15) is 4.79 Å². The Labute approximate surface area is 135 Å². The fourth-order valence-electron chi connectivity index (χ4n) is 2.58. The number of rotatable bonds is 5. The van der Waals surface area contributed by atoms with Crippen molar-refractivity contribution >= 4 is 11.6 Å². The van der Waals surface area contributed by atoms with E-state index in [0.717, 1.165) is 37.4 Å². The molecule has 0 radical (unpaired) electrons. The van der Waals surface area contributed by atoms with Crippen LogP contribution >= 0.6 is 0 Å². The zero-order chi connectivity index (χ0) is 16.1. The van der Waals surface area contributed by atoms with Gasteiger partial charge in [-0.25, -0.2) is 9.67 Å². The first kappa shape index (κ1) is 15.6. The van der Waals surface area contributed by atoms with Gasteiger partial charge in [0, 0.05) is 24.9 Å². The highest BCUT2D eigenvalue weighted by Gasteiger charge is 2.20. The fourth-order valence-corrected chi connectivity index (χ4v) is 2.58. The van der Waals surface area contributed by atoms with Crippen LogP contribution < -0.4 is 10.6 Å². The lowest BCUT2D eigenvalue weighted by molar-refractivity contribution is -0.118. The van der Waals surface area contributed by atoms with Crippen molar-refractivity contribution in [3.8, 4) is 5.69 Å². The van der Waals surface area contributed by atoms with E-state index in [1.807, 2.05) is 31.2 Å². The standard InChI is InChI=1S/C16H21N5O2/c1-12(19-14-6-8-23-9-7-14)16(22)20-13-2-4-15(5-3-13)21-11-17-10-18-21/h2-5,10-12,14,19H,6-9H2,1H3,(H,20,22). The van der Waals surface area contributed by atoms with Gasteiger partial charge in [0.25, 0.3) is 0 Å². The number of nitrogens with one attached hydrogen (secondary N) is 2. The number of amides is 1. The van der Waals surface area contributed by atoms with Gasteiger partial charge in [-0.05, 0) is 44.0 Å². The molecule has 1 unspecified atom stereocenters. The minimum atomic E-state index is -0.243. The second-order valence-electron chi connectivity index (χ2n) is 5.65. The maximum atomic E-state index is 12.3. The lowest BCUT2D eigenvalue weighted by Crippen LogP contribution is -2.46. The quantitative estimate of drug-likeness (QED) is 0.871. The predicted molar refractivity (Wildman–Crippen MR) is 86.4 cm³/mol. The van der Waals surface area contributed by atoms with Gasteiger partial charge in [-0.15, -0.1) is 0 Å². The molecule has 2 aromatic rings. The minimum absolute atomic E-state index is 0.0370. The molecule has 0 aliphatic carbocycles. The average molecular weight is 315 g/mol. The zero-order valence-electron chi connectivity index (χ0n) is 13.1. The van der Waals surface area contributed by atoms with Crippen LogP contribution in [0.5, 0.6) is 0 Å². The van der Waals surface area contributed by atoms with E-state index in [0.29, 0.717) is 6.04 Å². The van der Waals surface area contributed by atoms with Crippen LogP contribution in [0.3, 0.4) is 0 Å². The first-order chi connectivity index (χ1) is 11.2. The summed E-state index contributed by atoms with van der Waals surface area (Å²) in [6.07, 6.45) is 5.02. The van der Waals surface area contributed by atoms with Crippen molar-refractivity contribution in [2.24, 2.45) is 0 Å². The summed E-state index contributed by atoms with van der Waals surface area (Å²) in [4.78, 5) is 16.2. The van der Waals surface area contributed by atoms with Gasteiger partial charge in [-0.1, -0.05) is 0 Å². The molecule has 1 atom stereocenters. The SMILES string of the molecule is CC(NC1CCOCC1)C(=O)Nc1ccc(-n2cncn2)cc1. The molecule has 1 amide bonds. The third-order valence-electron chi connectivity index (χ3n) is 3.92. The molecule has 1 aromatic heterocycles. The molecule has 7 nitrogen and oxygen atoms in total. The summed E-state index contributed by atoms with van der Waals surface area (Å²) in [7, 11) is 0. The van der Waals surface area contributed by atoms with Crippen molar-refractivity contribution in [3.63, 3.8) is 0 Å². The Hall–Kier alpha value is -2.25. The molecular formula is C16H21N5O2. The number of carbonyl (C=O) groups excluding carboxylic acids is 1. The van der Waals surface area contributed by atoms with Gasteiger partial charge in [0.2, 0.25) is 5.91 Å². The summed E-state index contributed by atoms with van der Waals surface area (Å²) in [5, 5.41) is 10.4. The van der Waals surface area contributed by atoms with Crippen molar-refractivity contribution in [1.29, 1.82) is 0 Å².